The van der Waals surface area contributed by atoms with E-state index in [1.807, 2.05) is 37.3 Å². The highest BCUT2D eigenvalue weighted by atomic mass is 16.6. The first-order valence-corrected chi connectivity index (χ1v) is 6.41. The standard InChI is InChI=1S/C16H12N2O3/c1-11-2-3-12-4-7-15(10-16(12)17-11)21-14-8-5-13(6-9-14)18(19)20/h2-10H,1H3. The summed E-state index contributed by atoms with van der Waals surface area (Å²) < 4.78 is 5.70. The summed E-state index contributed by atoms with van der Waals surface area (Å²) in [6, 6.07) is 15.6. The van der Waals surface area contributed by atoms with Crippen molar-refractivity contribution in [2.75, 3.05) is 0 Å². The normalized spacial score (nSPS) is 10.5. The van der Waals surface area contributed by atoms with Crippen molar-refractivity contribution < 1.29 is 9.66 Å². The van der Waals surface area contributed by atoms with Crippen molar-refractivity contribution in [3.63, 3.8) is 0 Å². The second kappa shape index (κ2) is 5.20. The zero-order chi connectivity index (χ0) is 14.8. The summed E-state index contributed by atoms with van der Waals surface area (Å²) in [6.07, 6.45) is 0. The summed E-state index contributed by atoms with van der Waals surface area (Å²) in [4.78, 5) is 14.6. The van der Waals surface area contributed by atoms with Gasteiger partial charge in [0.05, 0.1) is 10.4 Å². The maximum absolute atomic E-state index is 10.6. The molecule has 2 aromatic carbocycles. The second-order valence-corrected chi connectivity index (χ2v) is 4.66. The molecule has 0 aliphatic heterocycles. The molecule has 1 aromatic heterocycles. The van der Waals surface area contributed by atoms with Crippen LogP contribution >= 0.6 is 0 Å². The van der Waals surface area contributed by atoms with E-state index < -0.39 is 4.92 Å². The molecule has 0 aliphatic rings. The summed E-state index contributed by atoms with van der Waals surface area (Å²) in [6.45, 7) is 1.93. The Morgan fingerprint density at radius 1 is 1.00 bits per heavy atom. The molecule has 0 N–H and O–H groups in total. The highest BCUT2D eigenvalue weighted by Crippen LogP contribution is 2.26. The lowest BCUT2D eigenvalue weighted by molar-refractivity contribution is -0.384. The Balaban J connectivity index is 1.88. The molecular weight excluding hydrogens is 268 g/mol. The van der Waals surface area contributed by atoms with Gasteiger partial charge in [0.1, 0.15) is 11.5 Å². The number of nitrogens with zero attached hydrogens (tertiary/aromatic N) is 2. The molecule has 0 amide bonds. The lowest BCUT2D eigenvalue weighted by atomic mass is 10.2. The molecule has 5 heteroatoms. The molecule has 0 radical (unpaired) electrons. The second-order valence-electron chi connectivity index (χ2n) is 4.66. The van der Waals surface area contributed by atoms with E-state index in [0.29, 0.717) is 11.5 Å². The molecule has 0 bridgehead atoms. The summed E-state index contributed by atoms with van der Waals surface area (Å²) in [7, 11) is 0. The van der Waals surface area contributed by atoms with Gasteiger partial charge < -0.3 is 4.74 Å². The van der Waals surface area contributed by atoms with Gasteiger partial charge in [0.25, 0.3) is 5.69 Å². The predicted octanol–water partition coefficient (Wildman–Crippen LogP) is 4.24. The van der Waals surface area contributed by atoms with E-state index >= 15 is 0 Å². The third kappa shape index (κ3) is 2.81. The molecule has 21 heavy (non-hydrogen) atoms. The van der Waals surface area contributed by atoms with Crippen molar-refractivity contribution in [2.45, 2.75) is 6.92 Å². The van der Waals surface area contributed by atoms with Crippen LogP contribution in [0.2, 0.25) is 0 Å². The number of hydrogen-bond acceptors (Lipinski definition) is 4. The van der Waals surface area contributed by atoms with E-state index in [-0.39, 0.29) is 5.69 Å². The fourth-order valence-electron chi connectivity index (χ4n) is 2.03. The number of nitro groups is 1. The van der Waals surface area contributed by atoms with Crippen molar-refractivity contribution in [1.82, 2.24) is 4.98 Å². The summed E-state index contributed by atoms with van der Waals surface area (Å²) >= 11 is 0. The van der Waals surface area contributed by atoms with Gasteiger partial charge in [0, 0.05) is 29.3 Å². The molecule has 0 fully saturated rings. The van der Waals surface area contributed by atoms with Crippen LogP contribution in [0.4, 0.5) is 5.69 Å². The number of aryl methyl sites for hydroxylation is 1. The first-order chi connectivity index (χ1) is 10.1. The number of aromatic nitrogens is 1. The first kappa shape index (κ1) is 13.1. The Morgan fingerprint density at radius 2 is 1.67 bits per heavy atom. The lowest BCUT2D eigenvalue weighted by Gasteiger charge is -2.06. The summed E-state index contributed by atoms with van der Waals surface area (Å²) in [5, 5.41) is 11.6. The fourth-order valence-corrected chi connectivity index (χ4v) is 2.03. The maximum Gasteiger partial charge on any atom is 0.269 e. The minimum atomic E-state index is -0.438. The largest absolute Gasteiger partial charge is 0.457 e. The van der Waals surface area contributed by atoms with Gasteiger partial charge >= 0.3 is 0 Å². The van der Waals surface area contributed by atoms with Gasteiger partial charge in [-0.2, -0.15) is 0 Å². The van der Waals surface area contributed by atoms with Gasteiger partial charge in [-0.3, -0.25) is 15.1 Å². The number of rotatable bonds is 3. The topological polar surface area (TPSA) is 65.3 Å². The monoisotopic (exact) mass is 280 g/mol. The van der Waals surface area contributed by atoms with E-state index in [1.54, 1.807) is 12.1 Å². The Hall–Kier alpha value is -2.95. The Labute approximate surface area is 121 Å². The van der Waals surface area contributed by atoms with Gasteiger partial charge in [0.15, 0.2) is 0 Å². The van der Waals surface area contributed by atoms with Crippen molar-refractivity contribution in [1.29, 1.82) is 0 Å². The first-order valence-electron chi connectivity index (χ1n) is 6.41. The van der Waals surface area contributed by atoms with E-state index in [1.165, 1.54) is 12.1 Å². The summed E-state index contributed by atoms with van der Waals surface area (Å²) in [5.41, 5.74) is 1.84. The molecule has 104 valence electrons. The van der Waals surface area contributed by atoms with E-state index in [9.17, 15) is 10.1 Å². The molecule has 1 heterocycles. The molecule has 3 rings (SSSR count). The van der Waals surface area contributed by atoms with Gasteiger partial charge in [0.2, 0.25) is 0 Å². The van der Waals surface area contributed by atoms with Crippen LogP contribution in [0.25, 0.3) is 10.9 Å². The molecule has 0 aliphatic carbocycles. The highest BCUT2D eigenvalue weighted by molar-refractivity contribution is 5.80. The average Bonchev–Trinajstić information content (AvgIpc) is 2.47. The fraction of sp³-hybridized carbons (Fsp3) is 0.0625. The smallest absolute Gasteiger partial charge is 0.269 e. The molecule has 0 saturated carbocycles. The summed E-state index contributed by atoms with van der Waals surface area (Å²) in [5.74, 6) is 1.20. The van der Waals surface area contributed by atoms with Gasteiger partial charge in [-0.1, -0.05) is 6.07 Å². The van der Waals surface area contributed by atoms with Crippen LogP contribution in [0.1, 0.15) is 5.69 Å². The molecule has 0 unspecified atom stereocenters. The highest BCUT2D eigenvalue weighted by Gasteiger charge is 2.05. The Kier molecular flexibility index (Phi) is 3.23. The van der Waals surface area contributed by atoms with Crippen molar-refractivity contribution in [2.24, 2.45) is 0 Å². The molecule has 0 atom stereocenters. The van der Waals surface area contributed by atoms with Crippen molar-refractivity contribution in [3.8, 4) is 11.5 Å². The third-order valence-electron chi connectivity index (χ3n) is 3.09. The minimum absolute atomic E-state index is 0.0400. The van der Waals surface area contributed by atoms with E-state index in [2.05, 4.69) is 4.98 Å². The Morgan fingerprint density at radius 3 is 2.38 bits per heavy atom. The van der Waals surface area contributed by atoms with Crippen LogP contribution in [-0.4, -0.2) is 9.91 Å². The number of hydrogen-bond donors (Lipinski definition) is 0. The van der Waals surface area contributed by atoms with Crippen molar-refractivity contribution >= 4 is 16.6 Å². The number of benzene rings is 2. The molecule has 5 nitrogen and oxygen atoms in total. The molecule has 0 spiro atoms. The molecular formula is C16H12N2O3. The molecule has 3 aromatic rings. The minimum Gasteiger partial charge on any atom is -0.457 e. The van der Waals surface area contributed by atoms with E-state index in [0.717, 1.165) is 16.6 Å². The van der Waals surface area contributed by atoms with Gasteiger partial charge in [-0.15, -0.1) is 0 Å². The maximum atomic E-state index is 10.6. The molecule has 0 saturated heterocycles. The number of ether oxygens (including phenoxy) is 1. The number of pyridine rings is 1. The lowest BCUT2D eigenvalue weighted by Crippen LogP contribution is -1.89. The van der Waals surface area contributed by atoms with E-state index in [4.69, 9.17) is 4.74 Å². The third-order valence-corrected chi connectivity index (χ3v) is 3.09. The van der Waals surface area contributed by atoms with Gasteiger partial charge in [-0.05, 0) is 37.3 Å². The van der Waals surface area contributed by atoms with Crippen LogP contribution in [0.5, 0.6) is 11.5 Å². The predicted molar refractivity (Wildman–Crippen MR) is 79.7 cm³/mol. The van der Waals surface area contributed by atoms with Crippen LogP contribution in [0.3, 0.4) is 0 Å². The number of nitro benzene ring substituents is 1. The SMILES string of the molecule is Cc1ccc2ccc(Oc3ccc([N+](=O)[O-])cc3)cc2n1. The zero-order valence-corrected chi connectivity index (χ0v) is 11.3. The van der Waals surface area contributed by atoms with Crippen LogP contribution in [-0.2, 0) is 0 Å². The quantitative estimate of drug-likeness (QED) is 0.531. The van der Waals surface area contributed by atoms with Crippen LogP contribution in [0, 0.1) is 17.0 Å². The average molecular weight is 280 g/mol. The number of non-ortho nitro benzene ring substituents is 1. The van der Waals surface area contributed by atoms with Crippen molar-refractivity contribution in [3.05, 3.63) is 70.4 Å². The van der Waals surface area contributed by atoms with Crippen LogP contribution in [0.15, 0.2) is 54.6 Å². The zero-order valence-electron chi connectivity index (χ0n) is 11.3. The van der Waals surface area contributed by atoms with Crippen LogP contribution < -0.4 is 4.74 Å². The Bertz CT molecular complexity index is 813. The van der Waals surface area contributed by atoms with Gasteiger partial charge in [-0.25, -0.2) is 0 Å². The number of fused-ring (bicyclic) bond motifs is 1.